The van der Waals surface area contributed by atoms with Gasteiger partial charge in [-0.15, -0.1) is 0 Å². The first-order valence-electron chi connectivity index (χ1n) is 10.4. The lowest BCUT2D eigenvalue weighted by Crippen LogP contribution is -2.71. The standard InChI is InChI=1S/C26H24N4O4/c27-18-10-6-16(7-11-18)23(31)21-14-20(15-4-2-1-3-5-15)22(25(29,30)26(21,33)34)24(32)17-8-12-19(28)13-9-17/h1-14,33-34H,27-30H2. The van der Waals surface area contributed by atoms with Crippen LogP contribution in [0.4, 0.5) is 11.4 Å². The van der Waals surface area contributed by atoms with E-state index in [-0.39, 0.29) is 22.3 Å². The van der Waals surface area contributed by atoms with Gasteiger partial charge < -0.3 is 33.1 Å². The summed E-state index contributed by atoms with van der Waals surface area (Å²) in [5.74, 6) is -4.42. The number of nitrogens with two attached hydrogens (primary N) is 4. The van der Waals surface area contributed by atoms with Crippen LogP contribution in [-0.4, -0.2) is 33.2 Å². The van der Waals surface area contributed by atoms with Crippen molar-refractivity contribution in [1.29, 1.82) is 0 Å². The van der Waals surface area contributed by atoms with Crippen LogP contribution in [0.1, 0.15) is 26.3 Å². The van der Waals surface area contributed by atoms with Gasteiger partial charge in [-0.3, -0.25) is 9.59 Å². The number of nitrogen functional groups attached to an aromatic ring is 2. The number of allylic oxidation sites excluding steroid dienone is 2. The lowest BCUT2D eigenvalue weighted by atomic mass is 9.72. The molecule has 0 radical (unpaired) electrons. The number of ketones is 2. The van der Waals surface area contributed by atoms with Crippen LogP contribution >= 0.6 is 0 Å². The zero-order chi connectivity index (χ0) is 24.7. The van der Waals surface area contributed by atoms with Gasteiger partial charge in [0.15, 0.2) is 17.2 Å². The summed E-state index contributed by atoms with van der Waals surface area (Å²) >= 11 is 0. The quantitative estimate of drug-likeness (QED) is 0.190. The summed E-state index contributed by atoms with van der Waals surface area (Å²) in [5, 5.41) is 22.2. The number of carbonyl (C=O) groups is 2. The van der Waals surface area contributed by atoms with E-state index in [1.54, 1.807) is 30.3 Å². The third kappa shape index (κ3) is 3.81. The van der Waals surface area contributed by atoms with E-state index in [2.05, 4.69) is 0 Å². The summed E-state index contributed by atoms with van der Waals surface area (Å²) in [7, 11) is 0. The molecule has 0 fully saturated rings. The van der Waals surface area contributed by atoms with Crippen LogP contribution in [0.25, 0.3) is 5.57 Å². The van der Waals surface area contributed by atoms with Gasteiger partial charge in [0.1, 0.15) is 0 Å². The van der Waals surface area contributed by atoms with E-state index in [0.717, 1.165) is 0 Å². The Morgan fingerprint density at radius 3 is 1.65 bits per heavy atom. The smallest absolute Gasteiger partial charge is 0.230 e. The molecule has 34 heavy (non-hydrogen) atoms. The van der Waals surface area contributed by atoms with E-state index < -0.39 is 28.6 Å². The van der Waals surface area contributed by atoms with Crippen LogP contribution in [0.5, 0.6) is 0 Å². The van der Waals surface area contributed by atoms with E-state index >= 15 is 0 Å². The summed E-state index contributed by atoms with van der Waals surface area (Å²) in [4.78, 5) is 26.9. The molecule has 0 atom stereocenters. The van der Waals surface area contributed by atoms with Crippen molar-refractivity contribution in [3.05, 3.63) is 113 Å². The van der Waals surface area contributed by atoms with Crippen molar-refractivity contribution in [2.24, 2.45) is 11.5 Å². The largest absolute Gasteiger partial charge is 0.399 e. The number of hydrogen-bond acceptors (Lipinski definition) is 8. The number of benzene rings is 3. The highest BCUT2D eigenvalue weighted by Crippen LogP contribution is 2.41. The van der Waals surface area contributed by atoms with Crippen molar-refractivity contribution in [3.8, 4) is 0 Å². The van der Waals surface area contributed by atoms with Crippen LogP contribution < -0.4 is 22.9 Å². The summed E-state index contributed by atoms with van der Waals surface area (Å²) in [6, 6.07) is 20.6. The predicted octanol–water partition coefficient (Wildman–Crippen LogP) is 1.60. The molecule has 0 amide bonds. The Kier molecular flexibility index (Phi) is 5.68. The first-order chi connectivity index (χ1) is 16.0. The summed E-state index contributed by atoms with van der Waals surface area (Å²) < 4.78 is 0. The fourth-order valence-corrected chi connectivity index (χ4v) is 3.89. The molecule has 10 N–H and O–H groups in total. The second-order valence-electron chi connectivity index (χ2n) is 8.16. The number of anilines is 2. The topological polar surface area (TPSA) is 179 Å². The molecule has 1 aliphatic rings. The third-order valence-corrected chi connectivity index (χ3v) is 5.83. The SMILES string of the molecule is Nc1ccc(C(=O)C2=CC(c3ccccc3)=C(C(=O)c3ccc(N)cc3)C(N)(N)C2(O)O)cc1. The van der Waals surface area contributed by atoms with Gasteiger partial charge in [0.25, 0.3) is 0 Å². The highest BCUT2D eigenvalue weighted by Gasteiger charge is 2.56. The molecule has 0 heterocycles. The molecule has 3 aromatic rings. The second kappa shape index (κ2) is 8.36. The highest BCUT2D eigenvalue weighted by atomic mass is 16.5. The maximum atomic E-state index is 13.6. The zero-order valence-corrected chi connectivity index (χ0v) is 18.1. The zero-order valence-electron chi connectivity index (χ0n) is 18.1. The number of Topliss-reactive ketones (excluding diaryl/α,β-unsaturated/α-hetero) is 2. The van der Waals surface area contributed by atoms with Crippen LogP contribution in [-0.2, 0) is 0 Å². The minimum Gasteiger partial charge on any atom is -0.399 e. The second-order valence-corrected chi connectivity index (χ2v) is 8.16. The van der Waals surface area contributed by atoms with Gasteiger partial charge in [0.05, 0.1) is 5.57 Å². The van der Waals surface area contributed by atoms with Crippen molar-refractivity contribution < 1.29 is 19.8 Å². The Labute approximate surface area is 195 Å². The molecule has 0 bridgehead atoms. The van der Waals surface area contributed by atoms with E-state index in [0.29, 0.717) is 16.9 Å². The van der Waals surface area contributed by atoms with Crippen molar-refractivity contribution in [2.45, 2.75) is 11.4 Å². The molecule has 0 aromatic heterocycles. The van der Waals surface area contributed by atoms with E-state index in [9.17, 15) is 19.8 Å². The summed E-state index contributed by atoms with van der Waals surface area (Å²) in [6.07, 6.45) is 1.25. The number of rotatable bonds is 5. The molecular weight excluding hydrogens is 432 g/mol. The van der Waals surface area contributed by atoms with Gasteiger partial charge in [0.2, 0.25) is 5.79 Å². The van der Waals surface area contributed by atoms with Crippen LogP contribution in [0.3, 0.4) is 0 Å². The molecule has 8 nitrogen and oxygen atoms in total. The van der Waals surface area contributed by atoms with E-state index in [1.165, 1.54) is 54.6 Å². The first kappa shape index (κ1) is 23.1. The fraction of sp³-hybridized carbons (Fsp3) is 0.0769. The number of aliphatic hydroxyl groups is 2. The lowest BCUT2D eigenvalue weighted by Gasteiger charge is -2.43. The molecule has 0 saturated carbocycles. The highest BCUT2D eigenvalue weighted by molar-refractivity contribution is 6.19. The van der Waals surface area contributed by atoms with E-state index in [4.69, 9.17) is 22.9 Å². The molecule has 1 aliphatic carbocycles. The molecule has 3 aromatic carbocycles. The Bertz CT molecular complexity index is 1320. The normalized spacial score (nSPS) is 16.6. The molecule has 0 saturated heterocycles. The number of carbonyl (C=O) groups excluding carboxylic acids is 2. The summed E-state index contributed by atoms with van der Waals surface area (Å²) in [5.41, 5.74) is 22.6. The van der Waals surface area contributed by atoms with Gasteiger partial charge in [-0.05, 0) is 65.7 Å². The minimum atomic E-state index is -3.07. The number of hydrogen-bond donors (Lipinski definition) is 6. The maximum absolute atomic E-state index is 13.6. The monoisotopic (exact) mass is 456 g/mol. The van der Waals surface area contributed by atoms with Crippen LogP contribution in [0.15, 0.2) is 96.1 Å². The average molecular weight is 457 g/mol. The summed E-state index contributed by atoms with van der Waals surface area (Å²) in [6.45, 7) is 0. The minimum absolute atomic E-state index is 0.143. The lowest BCUT2D eigenvalue weighted by molar-refractivity contribution is -0.165. The van der Waals surface area contributed by atoms with Crippen LogP contribution in [0, 0.1) is 0 Å². The molecule has 0 spiro atoms. The Balaban J connectivity index is 1.98. The van der Waals surface area contributed by atoms with Gasteiger partial charge >= 0.3 is 0 Å². The Hall–Kier alpha value is -4.08. The van der Waals surface area contributed by atoms with Crippen molar-refractivity contribution in [3.63, 3.8) is 0 Å². The molecule has 172 valence electrons. The van der Waals surface area contributed by atoms with Gasteiger partial charge in [-0.2, -0.15) is 0 Å². The molecular formula is C26H24N4O4. The first-order valence-corrected chi connectivity index (χ1v) is 10.4. The van der Waals surface area contributed by atoms with Gasteiger partial charge in [-0.25, -0.2) is 0 Å². The predicted molar refractivity (Wildman–Crippen MR) is 130 cm³/mol. The third-order valence-electron chi connectivity index (χ3n) is 5.83. The average Bonchev–Trinajstić information content (AvgIpc) is 2.81. The molecule has 0 unspecified atom stereocenters. The Morgan fingerprint density at radius 1 is 0.676 bits per heavy atom. The Morgan fingerprint density at radius 2 is 1.15 bits per heavy atom. The molecule has 8 heteroatoms. The van der Waals surface area contributed by atoms with Crippen LogP contribution in [0.2, 0.25) is 0 Å². The molecule has 0 aliphatic heterocycles. The van der Waals surface area contributed by atoms with Crippen molar-refractivity contribution in [1.82, 2.24) is 0 Å². The maximum Gasteiger partial charge on any atom is 0.230 e. The fourth-order valence-electron chi connectivity index (χ4n) is 3.89. The molecule has 4 rings (SSSR count). The van der Waals surface area contributed by atoms with E-state index in [1.807, 2.05) is 0 Å². The van der Waals surface area contributed by atoms with Gasteiger partial charge in [-0.1, -0.05) is 30.3 Å². The van der Waals surface area contributed by atoms with Crippen molar-refractivity contribution in [2.75, 3.05) is 11.5 Å². The van der Waals surface area contributed by atoms with Gasteiger partial charge in [0, 0.05) is 28.1 Å². The van der Waals surface area contributed by atoms with Crippen molar-refractivity contribution >= 4 is 28.5 Å².